The van der Waals surface area contributed by atoms with Gasteiger partial charge < -0.3 is 10.5 Å². The smallest absolute Gasteiger partial charge is 0.252 e. The first kappa shape index (κ1) is 18.2. The molecule has 1 amide bonds. The van der Waals surface area contributed by atoms with Gasteiger partial charge in [-0.2, -0.15) is 4.31 Å². The van der Waals surface area contributed by atoms with Crippen LogP contribution in [0.3, 0.4) is 0 Å². The molecule has 0 bridgehead atoms. The third-order valence-corrected chi connectivity index (χ3v) is 6.89. The molecule has 138 valence electrons. The van der Waals surface area contributed by atoms with Crippen molar-refractivity contribution in [1.29, 1.82) is 0 Å². The van der Waals surface area contributed by atoms with E-state index in [1.165, 1.54) is 55.3 Å². The van der Waals surface area contributed by atoms with Crippen LogP contribution in [-0.4, -0.2) is 62.9 Å². The predicted molar refractivity (Wildman–Crippen MR) is 94.1 cm³/mol. The average Bonchev–Trinajstić information content (AvgIpc) is 2.81. The summed E-state index contributed by atoms with van der Waals surface area (Å²) in [6.07, 6.45) is 4.88. The van der Waals surface area contributed by atoms with Crippen LogP contribution < -0.4 is 10.5 Å². The van der Waals surface area contributed by atoms with Crippen molar-refractivity contribution in [1.82, 2.24) is 9.21 Å². The molecule has 8 heteroatoms. The van der Waals surface area contributed by atoms with Crippen molar-refractivity contribution in [2.24, 2.45) is 5.73 Å². The van der Waals surface area contributed by atoms with E-state index in [1.807, 2.05) is 0 Å². The minimum absolute atomic E-state index is 0.0770. The maximum absolute atomic E-state index is 12.8. The zero-order chi connectivity index (χ0) is 18.0. The Hall–Kier alpha value is -1.64. The third-order valence-electron chi connectivity index (χ3n) is 5.06. The molecule has 0 saturated carbocycles. The number of hydrogen-bond acceptors (Lipinski definition) is 5. The van der Waals surface area contributed by atoms with Gasteiger partial charge in [0.15, 0.2) is 0 Å². The van der Waals surface area contributed by atoms with Gasteiger partial charge in [-0.05, 0) is 44.1 Å². The maximum atomic E-state index is 12.8. The Morgan fingerprint density at radius 3 is 2.36 bits per heavy atom. The summed E-state index contributed by atoms with van der Waals surface area (Å²) >= 11 is 0. The molecule has 2 saturated heterocycles. The fourth-order valence-corrected chi connectivity index (χ4v) is 5.03. The van der Waals surface area contributed by atoms with Crippen LogP contribution in [0.25, 0.3) is 0 Å². The summed E-state index contributed by atoms with van der Waals surface area (Å²) < 4.78 is 32.1. The molecular formula is C17H25N3O4S. The van der Waals surface area contributed by atoms with E-state index in [2.05, 4.69) is 4.90 Å². The van der Waals surface area contributed by atoms with Crippen LogP contribution in [0.15, 0.2) is 23.1 Å². The van der Waals surface area contributed by atoms with Crippen molar-refractivity contribution in [3.63, 3.8) is 0 Å². The van der Waals surface area contributed by atoms with E-state index in [4.69, 9.17) is 10.5 Å². The monoisotopic (exact) mass is 367 g/mol. The van der Waals surface area contributed by atoms with Crippen molar-refractivity contribution in [3.05, 3.63) is 23.8 Å². The second-order valence-corrected chi connectivity index (χ2v) is 8.59. The summed E-state index contributed by atoms with van der Waals surface area (Å²) in [5, 5.41) is 0. The highest BCUT2D eigenvalue weighted by molar-refractivity contribution is 7.89. The summed E-state index contributed by atoms with van der Waals surface area (Å²) in [7, 11) is -2.21. The number of ether oxygens (including phenoxy) is 1. The molecule has 0 aromatic heterocycles. The van der Waals surface area contributed by atoms with Gasteiger partial charge in [0.1, 0.15) is 5.75 Å². The van der Waals surface area contributed by atoms with Crippen LogP contribution >= 0.6 is 0 Å². The van der Waals surface area contributed by atoms with Crippen molar-refractivity contribution in [3.8, 4) is 5.75 Å². The number of amides is 1. The molecule has 7 nitrogen and oxygen atoms in total. The van der Waals surface area contributed by atoms with Crippen LogP contribution in [-0.2, 0) is 10.0 Å². The molecule has 0 aliphatic carbocycles. The minimum atomic E-state index is -3.62. The van der Waals surface area contributed by atoms with Gasteiger partial charge in [-0.1, -0.05) is 12.8 Å². The number of likely N-dealkylation sites (tertiary alicyclic amines) is 1. The first-order valence-corrected chi connectivity index (χ1v) is 10.1. The average molecular weight is 367 g/mol. The molecule has 25 heavy (non-hydrogen) atoms. The quantitative estimate of drug-likeness (QED) is 0.839. The van der Waals surface area contributed by atoms with Crippen LogP contribution in [0.5, 0.6) is 5.75 Å². The van der Waals surface area contributed by atoms with Gasteiger partial charge in [0.05, 0.1) is 17.6 Å². The van der Waals surface area contributed by atoms with Crippen molar-refractivity contribution < 1.29 is 17.9 Å². The topological polar surface area (TPSA) is 92.9 Å². The summed E-state index contributed by atoms with van der Waals surface area (Å²) in [5.41, 5.74) is 5.40. The zero-order valence-corrected chi connectivity index (χ0v) is 15.3. The number of benzene rings is 1. The highest BCUT2D eigenvalue weighted by atomic mass is 32.2. The van der Waals surface area contributed by atoms with E-state index in [-0.39, 0.29) is 16.2 Å². The standard InChI is InChI=1S/C17H25N3O4S/c1-24-16-7-6-14(10-15(16)17(18)21)25(22,23)20-11-13(12-20)19-8-4-2-3-5-9-19/h6-7,10,13H,2-5,8-9,11-12H2,1H3,(H2,18,21). The van der Waals surface area contributed by atoms with E-state index >= 15 is 0 Å². The molecular weight excluding hydrogens is 342 g/mol. The molecule has 1 aromatic rings. The SMILES string of the molecule is COc1ccc(S(=O)(=O)N2CC(N3CCCCCC3)C2)cc1C(N)=O. The number of carbonyl (C=O) groups is 1. The second-order valence-electron chi connectivity index (χ2n) is 6.65. The van der Waals surface area contributed by atoms with Crippen LogP contribution in [0.1, 0.15) is 36.0 Å². The van der Waals surface area contributed by atoms with E-state index in [0.29, 0.717) is 19.1 Å². The van der Waals surface area contributed by atoms with Gasteiger partial charge in [-0.3, -0.25) is 9.69 Å². The Morgan fingerprint density at radius 2 is 1.80 bits per heavy atom. The van der Waals surface area contributed by atoms with E-state index in [0.717, 1.165) is 13.1 Å². The molecule has 0 radical (unpaired) electrons. The Morgan fingerprint density at radius 1 is 1.16 bits per heavy atom. The normalized spacial score (nSPS) is 20.7. The minimum Gasteiger partial charge on any atom is -0.496 e. The van der Waals surface area contributed by atoms with Gasteiger partial charge in [0, 0.05) is 19.1 Å². The Kier molecular flexibility index (Phi) is 5.31. The summed E-state index contributed by atoms with van der Waals surface area (Å²) in [5.74, 6) is -0.433. The Labute approximate surface area is 148 Å². The fraction of sp³-hybridized carbons (Fsp3) is 0.588. The van der Waals surface area contributed by atoms with Crippen molar-refractivity contribution >= 4 is 15.9 Å². The Bertz CT molecular complexity index is 736. The van der Waals surface area contributed by atoms with Crippen molar-refractivity contribution in [2.75, 3.05) is 33.3 Å². The van der Waals surface area contributed by atoms with Gasteiger partial charge in [-0.15, -0.1) is 0 Å². The summed E-state index contributed by atoms with van der Waals surface area (Å²) in [4.78, 5) is 14.0. The predicted octanol–water partition coefficient (Wildman–Crippen LogP) is 1.04. The van der Waals surface area contributed by atoms with E-state index < -0.39 is 15.9 Å². The third kappa shape index (κ3) is 3.65. The highest BCUT2D eigenvalue weighted by Gasteiger charge is 2.39. The number of methoxy groups -OCH3 is 1. The number of nitrogens with zero attached hydrogens (tertiary/aromatic N) is 2. The Balaban J connectivity index is 1.73. The second kappa shape index (κ2) is 7.31. The molecule has 2 aliphatic rings. The fourth-order valence-electron chi connectivity index (χ4n) is 3.49. The van der Waals surface area contributed by atoms with Gasteiger partial charge in [0.25, 0.3) is 5.91 Å². The number of primary amides is 1. The van der Waals surface area contributed by atoms with Crippen LogP contribution in [0.4, 0.5) is 0 Å². The van der Waals surface area contributed by atoms with Crippen molar-refractivity contribution in [2.45, 2.75) is 36.6 Å². The number of hydrogen-bond donors (Lipinski definition) is 1. The molecule has 1 aromatic carbocycles. The van der Waals surface area contributed by atoms with Crippen LogP contribution in [0.2, 0.25) is 0 Å². The molecule has 2 N–H and O–H groups in total. The molecule has 2 aliphatic heterocycles. The number of carbonyl (C=O) groups excluding carboxylic acids is 1. The summed E-state index contributed by atoms with van der Waals surface area (Å²) in [6, 6.07) is 4.52. The maximum Gasteiger partial charge on any atom is 0.252 e. The van der Waals surface area contributed by atoms with Gasteiger partial charge in [-0.25, -0.2) is 8.42 Å². The molecule has 2 fully saturated rings. The number of rotatable bonds is 5. The molecule has 3 rings (SSSR count). The highest BCUT2D eigenvalue weighted by Crippen LogP contribution is 2.28. The molecule has 0 spiro atoms. The first-order valence-electron chi connectivity index (χ1n) is 8.65. The van der Waals surface area contributed by atoms with E-state index in [9.17, 15) is 13.2 Å². The lowest BCUT2D eigenvalue weighted by atomic mass is 10.1. The molecule has 0 unspecified atom stereocenters. The first-order chi connectivity index (χ1) is 11.9. The summed E-state index contributed by atoms with van der Waals surface area (Å²) in [6.45, 7) is 3.10. The largest absolute Gasteiger partial charge is 0.496 e. The lowest BCUT2D eigenvalue weighted by Crippen LogP contribution is -2.61. The number of sulfonamides is 1. The van der Waals surface area contributed by atoms with Gasteiger partial charge in [0.2, 0.25) is 10.0 Å². The molecule has 0 atom stereocenters. The molecule has 2 heterocycles. The lowest BCUT2D eigenvalue weighted by molar-refractivity contribution is 0.0910. The zero-order valence-electron chi connectivity index (χ0n) is 14.5. The lowest BCUT2D eigenvalue weighted by Gasteiger charge is -2.44. The van der Waals surface area contributed by atoms with Gasteiger partial charge >= 0.3 is 0 Å². The number of nitrogens with two attached hydrogens (primary N) is 1. The van der Waals surface area contributed by atoms with Crippen LogP contribution in [0, 0.1) is 0 Å². The van der Waals surface area contributed by atoms with E-state index in [1.54, 1.807) is 0 Å².